The Labute approximate surface area is 115 Å². The standard InChI is InChI=1S/C14H18F3NO2/c1-13(2,3)12(20)18-8-11(19)9-5-4-6-10(7-9)14(15,16)17/h4-7,11,19H,8H2,1-3H3,(H,18,20)/t11-/m0/s1. The second-order valence-electron chi connectivity index (χ2n) is 5.60. The minimum atomic E-state index is -4.45. The van der Waals surface area contributed by atoms with Gasteiger partial charge >= 0.3 is 6.18 Å². The Hall–Kier alpha value is -1.56. The Morgan fingerprint density at radius 3 is 2.40 bits per heavy atom. The van der Waals surface area contributed by atoms with E-state index in [9.17, 15) is 23.1 Å². The SMILES string of the molecule is CC(C)(C)C(=O)NC[C@H](O)c1cccc(C(F)(F)F)c1. The summed E-state index contributed by atoms with van der Waals surface area (Å²) < 4.78 is 37.7. The van der Waals surface area contributed by atoms with E-state index >= 15 is 0 Å². The lowest BCUT2D eigenvalue weighted by Crippen LogP contribution is -2.37. The summed E-state index contributed by atoms with van der Waals surface area (Å²) in [5, 5.41) is 12.4. The first-order valence-electron chi connectivity index (χ1n) is 6.15. The van der Waals surface area contributed by atoms with Crippen molar-refractivity contribution >= 4 is 5.91 Å². The zero-order chi connectivity index (χ0) is 15.6. The van der Waals surface area contributed by atoms with Crippen LogP contribution in [0.15, 0.2) is 24.3 Å². The van der Waals surface area contributed by atoms with Crippen molar-refractivity contribution < 1.29 is 23.1 Å². The lowest BCUT2D eigenvalue weighted by Gasteiger charge is -2.20. The van der Waals surface area contributed by atoms with Crippen LogP contribution < -0.4 is 5.32 Å². The monoisotopic (exact) mass is 289 g/mol. The van der Waals surface area contributed by atoms with Gasteiger partial charge in [-0.25, -0.2) is 0 Å². The first-order valence-corrected chi connectivity index (χ1v) is 6.15. The fourth-order valence-corrected chi connectivity index (χ4v) is 1.49. The van der Waals surface area contributed by atoms with E-state index in [4.69, 9.17) is 0 Å². The smallest absolute Gasteiger partial charge is 0.387 e. The number of benzene rings is 1. The molecule has 6 heteroatoms. The van der Waals surface area contributed by atoms with Gasteiger partial charge in [0, 0.05) is 12.0 Å². The number of carbonyl (C=O) groups excluding carboxylic acids is 1. The number of hydrogen-bond donors (Lipinski definition) is 2. The molecule has 0 saturated heterocycles. The van der Waals surface area contributed by atoms with Crippen LogP contribution in [0.3, 0.4) is 0 Å². The minimum absolute atomic E-state index is 0.119. The normalized spacial score (nSPS) is 13.9. The van der Waals surface area contributed by atoms with Crippen molar-refractivity contribution in [2.24, 2.45) is 5.41 Å². The molecule has 0 fully saturated rings. The first-order chi connectivity index (χ1) is 9.01. The van der Waals surface area contributed by atoms with Crippen molar-refractivity contribution in [1.29, 1.82) is 0 Å². The van der Waals surface area contributed by atoms with Crippen molar-refractivity contribution in [3.05, 3.63) is 35.4 Å². The van der Waals surface area contributed by atoms with Crippen LogP contribution in [0.4, 0.5) is 13.2 Å². The Bertz CT molecular complexity index is 478. The van der Waals surface area contributed by atoms with Gasteiger partial charge in [0.2, 0.25) is 5.91 Å². The average molecular weight is 289 g/mol. The molecule has 1 aromatic rings. The fraction of sp³-hybridized carbons (Fsp3) is 0.500. The van der Waals surface area contributed by atoms with Gasteiger partial charge in [-0.2, -0.15) is 13.2 Å². The zero-order valence-electron chi connectivity index (χ0n) is 11.6. The van der Waals surface area contributed by atoms with E-state index in [1.165, 1.54) is 12.1 Å². The zero-order valence-corrected chi connectivity index (χ0v) is 11.6. The quantitative estimate of drug-likeness (QED) is 0.899. The molecule has 0 spiro atoms. The second kappa shape index (κ2) is 5.83. The predicted molar refractivity (Wildman–Crippen MR) is 68.9 cm³/mol. The topological polar surface area (TPSA) is 49.3 Å². The molecule has 0 aliphatic heterocycles. The maximum absolute atomic E-state index is 12.6. The van der Waals surface area contributed by atoms with Gasteiger partial charge in [-0.3, -0.25) is 4.79 Å². The summed E-state index contributed by atoms with van der Waals surface area (Å²) in [5.41, 5.74) is -1.32. The average Bonchev–Trinajstić information content (AvgIpc) is 2.33. The number of carbonyl (C=O) groups is 1. The van der Waals surface area contributed by atoms with Crippen LogP contribution in [0.2, 0.25) is 0 Å². The molecule has 112 valence electrons. The molecule has 20 heavy (non-hydrogen) atoms. The highest BCUT2D eigenvalue weighted by Gasteiger charge is 2.31. The van der Waals surface area contributed by atoms with E-state index in [0.29, 0.717) is 0 Å². The van der Waals surface area contributed by atoms with Crippen LogP contribution in [-0.4, -0.2) is 17.6 Å². The summed E-state index contributed by atoms with van der Waals surface area (Å²) in [6.07, 6.45) is -5.63. The van der Waals surface area contributed by atoms with Crippen molar-refractivity contribution in [2.45, 2.75) is 33.1 Å². The molecule has 1 aromatic carbocycles. The number of rotatable bonds is 3. The molecular formula is C14H18F3NO2. The summed E-state index contributed by atoms with van der Waals surface area (Å²) >= 11 is 0. The highest BCUT2D eigenvalue weighted by Crippen LogP contribution is 2.30. The number of alkyl halides is 3. The van der Waals surface area contributed by atoms with Crippen LogP contribution >= 0.6 is 0 Å². The molecule has 0 heterocycles. The number of aliphatic hydroxyl groups is 1. The van der Waals surface area contributed by atoms with Crippen LogP contribution in [-0.2, 0) is 11.0 Å². The van der Waals surface area contributed by atoms with Crippen molar-refractivity contribution in [3.63, 3.8) is 0 Å². The minimum Gasteiger partial charge on any atom is -0.387 e. The molecule has 1 atom stereocenters. The number of hydrogen-bond acceptors (Lipinski definition) is 2. The van der Waals surface area contributed by atoms with Gasteiger partial charge in [-0.05, 0) is 17.7 Å². The molecule has 0 bridgehead atoms. The maximum atomic E-state index is 12.6. The highest BCUT2D eigenvalue weighted by atomic mass is 19.4. The second-order valence-corrected chi connectivity index (χ2v) is 5.60. The van der Waals surface area contributed by atoms with Gasteiger partial charge in [0.25, 0.3) is 0 Å². The van der Waals surface area contributed by atoms with Gasteiger partial charge < -0.3 is 10.4 Å². The molecule has 3 nitrogen and oxygen atoms in total. The third-order valence-electron chi connectivity index (χ3n) is 2.74. The van der Waals surface area contributed by atoms with Gasteiger partial charge in [0.15, 0.2) is 0 Å². The molecule has 1 amide bonds. The molecular weight excluding hydrogens is 271 g/mol. The largest absolute Gasteiger partial charge is 0.416 e. The Kier molecular flexibility index (Phi) is 4.81. The molecule has 0 aliphatic rings. The third-order valence-corrected chi connectivity index (χ3v) is 2.74. The number of amides is 1. The van der Waals surface area contributed by atoms with Crippen LogP contribution in [0.1, 0.15) is 38.0 Å². The highest BCUT2D eigenvalue weighted by molar-refractivity contribution is 5.81. The summed E-state index contributed by atoms with van der Waals surface area (Å²) in [5.74, 6) is -0.275. The van der Waals surface area contributed by atoms with Crippen LogP contribution in [0, 0.1) is 5.41 Å². The van der Waals surface area contributed by atoms with E-state index in [2.05, 4.69) is 5.32 Å². The maximum Gasteiger partial charge on any atom is 0.416 e. The van der Waals surface area contributed by atoms with Crippen LogP contribution in [0.25, 0.3) is 0 Å². The first kappa shape index (κ1) is 16.5. The molecule has 0 saturated carbocycles. The van der Waals surface area contributed by atoms with E-state index < -0.39 is 23.3 Å². The van der Waals surface area contributed by atoms with E-state index in [1.54, 1.807) is 20.8 Å². The summed E-state index contributed by atoms with van der Waals surface area (Å²) in [6.45, 7) is 4.99. The third kappa shape index (κ3) is 4.52. The summed E-state index contributed by atoms with van der Waals surface area (Å²) in [4.78, 5) is 11.6. The van der Waals surface area contributed by atoms with E-state index in [1.807, 2.05) is 0 Å². The number of aliphatic hydroxyl groups excluding tert-OH is 1. The molecule has 0 radical (unpaired) electrons. The Morgan fingerprint density at radius 2 is 1.90 bits per heavy atom. The van der Waals surface area contributed by atoms with Gasteiger partial charge in [0.05, 0.1) is 11.7 Å². The molecule has 0 aromatic heterocycles. The summed E-state index contributed by atoms with van der Waals surface area (Å²) in [7, 11) is 0. The number of nitrogens with one attached hydrogen (secondary N) is 1. The van der Waals surface area contributed by atoms with E-state index in [0.717, 1.165) is 12.1 Å². The van der Waals surface area contributed by atoms with Crippen molar-refractivity contribution in [2.75, 3.05) is 6.54 Å². The van der Waals surface area contributed by atoms with Crippen LogP contribution in [0.5, 0.6) is 0 Å². The van der Waals surface area contributed by atoms with Crippen molar-refractivity contribution in [3.8, 4) is 0 Å². The van der Waals surface area contributed by atoms with Gasteiger partial charge in [-0.15, -0.1) is 0 Å². The van der Waals surface area contributed by atoms with Gasteiger partial charge in [0.1, 0.15) is 0 Å². The van der Waals surface area contributed by atoms with Crippen molar-refractivity contribution in [1.82, 2.24) is 5.32 Å². The van der Waals surface area contributed by atoms with Gasteiger partial charge in [-0.1, -0.05) is 32.9 Å². The van der Waals surface area contributed by atoms with E-state index in [-0.39, 0.29) is 18.0 Å². The fourth-order valence-electron chi connectivity index (χ4n) is 1.49. The predicted octanol–water partition coefficient (Wildman–Crippen LogP) is 2.90. The molecule has 0 aliphatic carbocycles. The molecule has 0 unspecified atom stereocenters. The summed E-state index contributed by atoms with van der Waals surface area (Å²) in [6, 6.07) is 4.44. The lowest BCUT2D eigenvalue weighted by atomic mass is 9.95. The molecule has 2 N–H and O–H groups in total. The lowest BCUT2D eigenvalue weighted by molar-refractivity contribution is -0.137. The Morgan fingerprint density at radius 1 is 1.30 bits per heavy atom. The Balaban J connectivity index is 2.74. The molecule has 1 rings (SSSR count). The number of halogens is 3.